The van der Waals surface area contributed by atoms with E-state index in [9.17, 15) is 0 Å². The highest BCUT2D eigenvalue weighted by Crippen LogP contribution is 2.54. The standard InChI is InChI=1S/C55H52BN2/c1-34-16-14-17-35(2)50(34)38-30-41(51-49(31-38)58-48-23-13-12-20-42(48)55(7,8)43-21-15-22-46(56-51)52(43)58)40-32-44-45(54(5,6)29-28-53(44,3)4)33-47(40)57-39-26-24-37(25-27-39)36-18-10-9-11-19-36/h9-27,30-33,57H,28-29H2,1-8H3. The number of rotatable bonds is 5. The van der Waals surface area contributed by atoms with Crippen LogP contribution in [0.15, 0.2) is 140 Å². The Morgan fingerprint density at radius 1 is 0.517 bits per heavy atom. The molecule has 0 spiro atoms. The second-order valence-corrected chi connectivity index (χ2v) is 18.9. The molecule has 10 rings (SSSR count). The van der Waals surface area contributed by atoms with Crippen molar-refractivity contribution in [2.75, 3.05) is 10.2 Å². The van der Waals surface area contributed by atoms with E-state index in [1.54, 1.807) is 0 Å². The molecule has 0 fully saturated rings. The van der Waals surface area contributed by atoms with E-state index in [2.05, 4.69) is 212 Å². The number of para-hydroxylation sites is 2. The minimum Gasteiger partial charge on any atom is -0.355 e. The zero-order chi connectivity index (χ0) is 40.1. The summed E-state index contributed by atoms with van der Waals surface area (Å²) in [6.45, 7) is 19.0. The summed E-state index contributed by atoms with van der Waals surface area (Å²) in [6, 6.07) is 52.3. The molecular formula is C55H52BN2. The zero-order valence-corrected chi connectivity index (χ0v) is 35.2. The van der Waals surface area contributed by atoms with Crippen LogP contribution in [0.1, 0.15) is 87.8 Å². The third-order valence-electron chi connectivity index (χ3n) is 13.8. The summed E-state index contributed by atoms with van der Waals surface area (Å²) < 4.78 is 0. The Morgan fingerprint density at radius 2 is 1.14 bits per heavy atom. The number of benzene rings is 7. The van der Waals surface area contributed by atoms with Crippen LogP contribution in [0.4, 0.5) is 28.4 Å². The number of hydrogen-bond donors (Lipinski definition) is 1. The minimum atomic E-state index is -0.138. The molecule has 58 heavy (non-hydrogen) atoms. The third-order valence-corrected chi connectivity index (χ3v) is 13.8. The van der Waals surface area contributed by atoms with Crippen LogP contribution < -0.4 is 21.1 Å². The topological polar surface area (TPSA) is 15.3 Å². The van der Waals surface area contributed by atoms with Gasteiger partial charge in [-0.05, 0) is 147 Å². The molecule has 0 aromatic heterocycles. The molecule has 285 valence electrons. The lowest BCUT2D eigenvalue weighted by atomic mass is 9.55. The van der Waals surface area contributed by atoms with Gasteiger partial charge in [-0.3, -0.25) is 0 Å². The van der Waals surface area contributed by atoms with Crippen LogP contribution in [0.3, 0.4) is 0 Å². The van der Waals surface area contributed by atoms with E-state index >= 15 is 0 Å². The first-order valence-electron chi connectivity index (χ1n) is 21.1. The van der Waals surface area contributed by atoms with Crippen LogP contribution in [0.5, 0.6) is 0 Å². The van der Waals surface area contributed by atoms with Gasteiger partial charge in [0.1, 0.15) is 0 Å². The number of nitrogens with one attached hydrogen (secondary N) is 1. The van der Waals surface area contributed by atoms with Gasteiger partial charge in [-0.15, -0.1) is 0 Å². The Morgan fingerprint density at radius 3 is 1.86 bits per heavy atom. The lowest BCUT2D eigenvalue weighted by Gasteiger charge is -2.46. The highest BCUT2D eigenvalue weighted by molar-refractivity contribution is 6.73. The Bertz CT molecular complexity index is 2750. The van der Waals surface area contributed by atoms with Crippen molar-refractivity contribution in [1.29, 1.82) is 0 Å². The van der Waals surface area contributed by atoms with Crippen molar-refractivity contribution in [2.24, 2.45) is 0 Å². The van der Waals surface area contributed by atoms with Gasteiger partial charge in [0.05, 0.1) is 5.69 Å². The normalized spacial score (nSPS) is 16.3. The summed E-state index contributed by atoms with van der Waals surface area (Å²) in [7, 11) is 2.48. The number of anilines is 5. The highest BCUT2D eigenvalue weighted by Gasteiger charge is 2.42. The van der Waals surface area contributed by atoms with Crippen molar-refractivity contribution in [1.82, 2.24) is 0 Å². The summed E-state index contributed by atoms with van der Waals surface area (Å²) in [5, 5.41) is 4.02. The quantitative estimate of drug-likeness (QED) is 0.176. The van der Waals surface area contributed by atoms with E-state index < -0.39 is 0 Å². The molecule has 0 amide bonds. The molecule has 3 heteroatoms. The second-order valence-electron chi connectivity index (χ2n) is 18.9. The summed E-state index contributed by atoms with van der Waals surface area (Å²) in [5.41, 5.74) is 24.2. The van der Waals surface area contributed by atoms with Gasteiger partial charge in [0.15, 0.2) is 7.28 Å². The second kappa shape index (κ2) is 13.1. The molecule has 0 atom stereocenters. The first-order valence-corrected chi connectivity index (χ1v) is 21.1. The maximum Gasteiger partial charge on any atom is 0.197 e. The number of nitrogens with zero attached hydrogens (tertiary/aromatic N) is 1. The van der Waals surface area contributed by atoms with E-state index in [1.807, 2.05) is 0 Å². The van der Waals surface area contributed by atoms with Crippen molar-refractivity contribution in [3.8, 4) is 33.4 Å². The predicted molar refractivity (Wildman–Crippen MR) is 249 cm³/mol. The van der Waals surface area contributed by atoms with Crippen LogP contribution in [-0.2, 0) is 16.2 Å². The van der Waals surface area contributed by atoms with Crippen molar-refractivity contribution in [2.45, 2.75) is 84.5 Å². The van der Waals surface area contributed by atoms with E-state index in [4.69, 9.17) is 0 Å². The van der Waals surface area contributed by atoms with Crippen LogP contribution >= 0.6 is 0 Å². The zero-order valence-electron chi connectivity index (χ0n) is 35.2. The fraction of sp³-hybridized carbons (Fsp3) is 0.236. The minimum absolute atomic E-state index is 0.0440. The number of hydrogen-bond acceptors (Lipinski definition) is 2. The van der Waals surface area contributed by atoms with Gasteiger partial charge in [0.2, 0.25) is 0 Å². The fourth-order valence-electron chi connectivity index (χ4n) is 10.4. The monoisotopic (exact) mass is 751 g/mol. The molecule has 0 bridgehead atoms. The Labute approximate surface area is 346 Å². The first kappa shape index (κ1) is 36.5. The Hall–Kier alpha value is -5.80. The van der Waals surface area contributed by atoms with Crippen LogP contribution in [-0.4, -0.2) is 7.28 Å². The SMILES string of the molecule is Cc1cccc(C)c1-c1cc(-c2cc3c(cc2Nc2ccc(-c4ccccc4)cc2)C(C)(C)CCC3(C)C)c2c(c1)N1c3ccccc3C(C)(C)c3cccc(c31)[B]2. The molecule has 7 aromatic carbocycles. The molecule has 2 nitrogen and oxygen atoms in total. The van der Waals surface area contributed by atoms with Crippen molar-refractivity contribution < 1.29 is 0 Å². The summed E-state index contributed by atoms with van der Waals surface area (Å²) >= 11 is 0. The molecule has 1 aliphatic carbocycles. The fourth-order valence-corrected chi connectivity index (χ4v) is 10.4. The predicted octanol–water partition coefficient (Wildman–Crippen LogP) is 13.5. The maximum atomic E-state index is 4.02. The summed E-state index contributed by atoms with van der Waals surface area (Å²) in [6.07, 6.45) is 2.32. The molecule has 0 saturated heterocycles. The number of aryl methyl sites for hydroxylation is 2. The molecule has 3 aliphatic rings. The molecule has 1 N–H and O–H groups in total. The lowest BCUT2D eigenvalue weighted by Crippen LogP contribution is -2.45. The Balaban J connectivity index is 1.26. The molecule has 0 unspecified atom stereocenters. The van der Waals surface area contributed by atoms with Gasteiger partial charge in [-0.25, -0.2) is 0 Å². The molecule has 0 saturated carbocycles. The summed E-state index contributed by atoms with van der Waals surface area (Å²) in [5.74, 6) is 0. The first-order chi connectivity index (χ1) is 27.8. The van der Waals surface area contributed by atoms with Gasteiger partial charge in [0, 0.05) is 33.7 Å². The van der Waals surface area contributed by atoms with E-state index in [1.165, 1.54) is 94.7 Å². The highest BCUT2D eigenvalue weighted by atomic mass is 15.2. The molecule has 2 aliphatic heterocycles. The lowest BCUT2D eigenvalue weighted by molar-refractivity contribution is 0.332. The van der Waals surface area contributed by atoms with Gasteiger partial charge >= 0.3 is 0 Å². The van der Waals surface area contributed by atoms with Crippen LogP contribution in [0.25, 0.3) is 33.4 Å². The van der Waals surface area contributed by atoms with Gasteiger partial charge < -0.3 is 10.2 Å². The van der Waals surface area contributed by atoms with Gasteiger partial charge in [-0.1, -0.05) is 144 Å². The van der Waals surface area contributed by atoms with E-state index in [0.717, 1.165) is 24.2 Å². The van der Waals surface area contributed by atoms with E-state index in [-0.39, 0.29) is 16.2 Å². The average molecular weight is 752 g/mol. The van der Waals surface area contributed by atoms with Crippen molar-refractivity contribution in [3.05, 3.63) is 173 Å². The molecule has 2 heterocycles. The third kappa shape index (κ3) is 5.69. The molecule has 7 aromatic rings. The van der Waals surface area contributed by atoms with Gasteiger partial charge in [0.25, 0.3) is 0 Å². The van der Waals surface area contributed by atoms with Crippen molar-refractivity contribution >= 4 is 46.6 Å². The van der Waals surface area contributed by atoms with E-state index in [0.29, 0.717) is 0 Å². The summed E-state index contributed by atoms with van der Waals surface area (Å²) in [4.78, 5) is 2.59. The van der Waals surface area contributed by atoms with Crippen LogP contribution in [0, 0.1) is 13.8 Å². The number of fused-ring (bicyclic) bond motifs is 5. The Kier molecular flexibility index (Phi) is 8.26. The van der Waals surface area contributed by atoms with Crippen molar-refractivity contribution in [3.63, 3.8) is 0 Å². The molecular weight excluding hydrogens is 699 g/mol. The smallest absolute Gasteiger partial charge is 0.197 e. The average Bonchev–Trinajstić information content (AvgIpc) is 3.21. The molecule has 1 radical (unpaired) electrons. The van der Waals surface area contributed by atoms with Gasteiger partial charge in [-0.2, -0.15) is 0 Å². The largest absolute Gasteiger partial charge is 0.355 e. The maximum absolute atomic E-state index is 4.02. The van der Waals surface area contributed by atoms with Crippen LogP contribution in [0.2, 0.25) is 0 Å².